The number of hydrogen-bond donors (Lipinski definition) is 1. The molecule has 2 aromatic carbocycles. The third-order valence-electron chi connectivity index (χ3n) is 5.00. The monoisotopic (exact) mass is 417 g/mol. The van der Waals surface area contributed by atoms with E-state index in [1.807, 2.05) is 18.2 Å². The van der Waals surface area contributed by atoms with Gasteiger partial charge in [0.1, 0.15) is 0 Å². The maximum atomic E-state index is 12.6. The van der Waals surface area contributed by atoms with E-state index in [1.165, 1.54) is 9.20 Å². The summed E-state index contributed by atoms with van der Waals surface area (Å²) in [5.74, 6) is 0.838. The number of para-hydroxylation sites is 1. The zero-order valence-electron chi connectivity index (χ0n) is 15.5. The second-order valence-electron chi connectivity index (χ2n) is 6.92. The SMILES string of the molecule is O=C(CN1CCSc2ccccc21)Nc1ccc(S(=O)(=O)N2CCCC2)cc1. The molecule has 0 atom stereocenters. The van der Waals surface area contributed by atoms with E-state index in [-0.39, 0.29) is 17.3 Å². The molecule has 28 heavy (non-hydrogen) atoms. The van der Waals surface area contributed by atoms with E-state index >= 15 is 0 Å². The minimum absolute atomic E-state index is 0.114. The van der Waals surface area contributed by atoms with Gasteiger partial charge >= 0.3 is 0 Å². The fourth-order valence-corrected chi connectivity index (χ4v) is 6.12. The van der Waals surface area contributed by atoms with Crippen molar-refractivity contribution in [3.8, 4) is 0 Å². The highest BCUT2D eigenvalue weighted by Crippen LogP contribution is 2.34. The van der Waals surface area contributed by atoms with Gasteiger partial charge in [-0.2, -0.15) is 4.31 Å². The van der Waals surface area contributed by atoms with Crippen molar-refractivity contribution < 1.29 is 13.2 Å². The van der Waals surface area contributed by atoms with E-state index in [1.54, 1.807) is 36.0 Å². The van der Waals surface area contributed by atoms with Crippen LogP contribution in [0.15, 0.2) is 58.3 Å². The molecule has 1 amide bonds. The van der Waals surface area contributed by atoms with Crippen LogP contribution in [0.5, 0.6) is 0 Å². The van der Waals surface area contributed by atoms with Crippen molar-refractivity contribution >= 4 is 39.1 Å². The highest BCUT2D eigenvalue weighted by molar-refractivity contribution is 7.99. The number of carbonyl (C=O) groups excluding carboxylic acids is 1. The van der Waals surface area contributed by atoms with Crippen molar-refractivity contribution in [2.45, 2.75) is 22.6 Å². The standard InChI is InChI=1S/C20H23N3O3S2/c24-20(15-22-13-14-27-19-6-2-1-5-18(19)22)21-16-7-9-17(10-8-16)28(25,26)23-11-3-4-12-23/h1-2,5-10H,3-4,11-15H2,(H,21,24). The normalized spacial score (nSPS) is 17.4. The van der Waals surface area contributed by atoms with Gasteiger partial charge in [-0.15, -0.1) is 11.8 Å². The highest BCUT2D eigenvalue weighted by atomic mass is 32.2. The van der Waals surface area contributed by atoms with E-state index in [2.05, 4.69) is 16.3 Å². The molecule has 0 spiro atoms. The Morgan fingerprint density at radius 3 is 2.46 bits per heavy atom. The summed E-state index contributed by atoms with van der Waals surface area (Å²) in [7, 11) is -3.43. The summed E-state index contributed by atoms with van der Waals surface area (Å²) in [5.41, 5.74) is 1.69. The molecule has 2 aliphatic rings. The number of thioether (sulfide) groups is 1. The van der Waals surface area contributed by atoms with Gasteiger partial charge in [-0.05, 0) is 49.2 Å². The van der Waals surface area contributed by atoms with Crippen LogP contribution in [0.1, 0.15) is 12.8 Å². The van der Waals surface area contributed by atoms with Gasteiger partial charge in [0.15, 0.2) is 0 Å². The molecule has 2 aliphatic heterocycles. The van der Waals surface area contributed by atoms with Crippen LogP contribution >= 0.6 is 11.8 Å². The second kappa shape index (κ2) is 8.14. The van der Waals surface area contributed by atoms with Gasteiger partial charge in [-0.1, -0.05) is 12.1 Å². The fraction of sp³-hybridized carbons (Fsp3) is 0.350. The Morgan fingerprint density at radius 2 is 1.71 bits per heavy atom. The Balaban J connectivity index is 1.40. The molecule has 2 heterocycles. The Hall–Kier alpha value is -2.03. The van der Waals surface area contributed by atoms with Crippen molar-refractivity contribution in [3.05, 3.63) is 48.5 Å². The molecular formula is C20H23N3O3S2. The molecule has 1 fully saturated rings. The lowest BCUT2D eigenvalue weighted by Crippen LogP contribution is -2.36. The number of nitrogens with zero attached hydrogens (tertiary/aromatic N) is 2. The van der Waals surface area contributed by atoms with E-state index in [4.69, 9.17) is 0 Å². The molecule has 0 aromatic heterocycles. The number of nitrogens with one attached hydrogen (secondary N) is 1. The van der Waals surface area contributed by atoms with Crippen molar-refractivity contribution in [1.82, 2.24) is 4.31 Å². The summed E-state index contributed by atoms with van der Waals surface area (Å²) < 4.78 is 26.7. The molecule has 0 radical (unpaired) electrons. The first kappa shape index (κ1) is 19.3. The lowest BCUT2D eigenvalue weighted by molar-refractivity contribution is -0.115. The second-order valence-corrected chi connectivity index (χ2v) is 10.00. The first-order chi connectivity index (χ1) is 13.5. The fourth-order valence-electron chi connectivity index (χ4n) is 3.55. The molecule has 1 saturated heterocycles. The average Bonchev–Trinajstić information content (AvgIpc) is 3.24. The zero-order chi connectivity index (χ0) is 19.6. The van der Waals surface area contributed by atoms with Crippen LogP contribution in [-0.4, -0.2) is 50.6 Å². The van der Waals surface area contributed by atoms with Crippen LogP contribution < -0.4 is 10.2 Å². The number of anilines is 2. The molecule has 6 nitrogen and oxygen atoms in total. The number of fused-ring (bicyclic) bond motifs is 1. The van der Waals surface area contributed by atoms with E-state index in [0.717, 1.165) is 30.8 Å². The molecule has 2 aromatic rings. The zero-order valence-corrected chi connectivity index (χ0v) is 17.1. The molecule has 148 valence electrons. The number of amides is 1. The van der Waals surface area contributed by atoms with Gasteiger partial charge in [0.25, 0.3) is 0 Å². The Kier molecular flexibility index (Phi) is 5.61. The molecule has 0 saturated carbocycles. The molecular weight excluding hydrogens is 394 g/mol. The highest BCUT2D eigenvalue weighted by Gasteiger charge is 2.27. The topological polar surface area (TPSA) is 69.7 Å². The number of benzene rings is 2. The van der Waals surface area contributed by atoms with Gasteiger partial charge in [0.05, 0.1) is 17.1 Å². The summed E-state index contributed by atoms with van der Waals surface area (Å²) in [5, 5.41) is 2.87. The number of rotatable bonds is 5. The van der Waals surface area contributed by atoms with Crippen LogP contribution in [-0.2, 0) is 14.8 Å². The Morgan fingerprint density at radius 1 is 1.00 bits per heavy atom. The third kappa shape index (κ3) is 4.04. The summed E-state index contributed by atoms with van der Waals surface area (Å²) in [6, 6.07) is 14.5. The summed E-state index contributed by atoms with van der Waals surface area (Å²) >= 11 is 1.80. The number of carbonyl (C=O) groups is 1. The number of hydrogen-bond acceptors (Lipinski definition) is 5. The molecule has 4 rings (SSSR count). The Labute approximate surface area is 170 Å². The number of sulfonamides is 1. The lowest BCUT2D eigenvalue weighted by atomic mass is 10.2. The van der Waals surface area contributed by atoms with Gasteiger partial charge < -0.3 is 10.2 Å². The smallest absolute Gasteiger partial charge is 0.243 e. The van der Waals surface area contributed by atoms with E-state index < -0.39 is 10.0 Å². The first-order valence-electron chi connectivity index (χ1n) is 9.41. The molecule has 8 heteroatoms. The summed E-state index contributed by atoms with van der Waals surface area (Å²) in [6.07, 6.45) is 1.82. The first-order valence-corrected chi connectivity index (χ1v) is 11.8. The maximum absolute atomic E-state index is 12.6. The maximum Gasteiger partial charge on any atom is 0.243 e. The lowest BCUT2D eigenvalue weighted by Gasteiger charge is -2.30. The third-order valence-corrected chi connectivity index (χ3v) is 7.96. The van der Waals surface area contributed by atoms with Crippen molar-refractivity contribution in [1.29, 1.82) is 0 Å². The molecule has 0 bridgehead atoms. The van der Waals surface area contributed by atoms with Crippen molar-refractivity contribution in [3.63, 3.8) is 0 Å². The van der Waals surface area contributed by atoms with E-state index in [9.17, 15) is 13.2 Å². The average molecular weight is 418 g/mol. The quantitative estimate of drug-likeness (QED) is 0.810. The van der Waals surface area contributed by atoms with Crippen LogP contribution in [0.3, 0.4) is 0 Å². The van der Waals surface area contributed by atoms with Gasteiger partial charge in [-0.3, -0.25) is 4.79 Å². The predicted molar refractivity (Wildman–Crippen MR) is 112 cm³/mol. The Bertz CT molecular complexity index is 955. The van der Waals surface area contributed by atoms with E-state index in [0.29, 0.717) is 18.8 Å². The molecule has 0 unspecified atom stereocenters. The van der Waals surface area contributed by atoms with Crippen LogP contribution in [0.2, 0.25) is 0 Å². The van der Waals surface area contributed by atoms with Crippen LogP contribution in [0.25, 0.3) is 0 Å². The van der Waals surface area contributed by atoms with Gasteiger partial charge in [0.2, 0.25) is 15.9 Å². The van der Waals surface area contributed by atoms with Gasteiger partial charge in [-0.25, -0.2) is 8.42 Å². The largest absolute Gasteiger partial charge is 0.360 e. The molecule has 0 aliphatic carbocycles. The summed E-state index contributed by atoms with van der Waals surface area (Å²) in [6.45, 7) is 2.25. The summed E-state index contributed by atoms with van der Waals surface area (Å²) in [4.78, 5) is 16.0. The van der Waals surface area contributed by atoms with Crippen molar-refractivity contribution in [2.24, 2.45) is 0 Å². The predicted octanol–water partition coefficient (Wildman–Crippen LogP) is 3.02. The van der Waals surface area contributed by atoms with Crippen molar-refractivity contribution in [2.75, 3.05) is 42.1 Å². The van der Waals surface area contributed by atoms with Gasteiger partial charge in [0, 0.05) is 36.0 Å². The molecule has 1 N–H and O–H groups in total. The van der Waals surface area contributed by atoms with Crippen LogP contribution in [0, 0.1) is 0 Å². The minimum atomic E-state index is -3.43. The minimum Gasteiger partial charge on any atom is -0.360 e. The van der Waals surface area contributed by atoms with Crippen LogP contribution in [0.4, 0.5) is 11.4 Å².